The molecule has 2 N–H and O–H groups in total. The van der Waals surface area contributed by atoms with Gasteiger partial charge in [-0.1, -0.05) is 30.7 Å². The van der Waals surface area contributed by atoms with E-state index in [1.54, 1.807) is 0 Å². The molecule has 0 aliphatic heterocycles. The number of amides is 2. The highest BCUT2D eigenvalue weighted by molar-refractivity contribution is 7.89. The first-order valence-electron chi connectivity index (χ1n) is 8.67. The molecule has 0 spiro atoms. The number of hydrogen-bond acceptors (Lipinski definition) is 7. The molecule has 1 aromatic heterocycles. The lowest BCUT2D eigenvalue weighted by atomic mass is 10.2. The average molecular weight is 426 g/mol. The summed E-state index contributed by atoms with van der Waals surface area (Å²) in [5, 5.41) is 14.2. The Hall–Kier alpha value is -2.37. The number of aryl methyl sites for hydroxylation is 1. The van der Waals surface area contributed by atoms with Gasteiger partial charge in [-0.15, -0.1) is 10.2 Å². The summed E-state index contributed by atoms with van der Waals surface area (Å²) >= 11 is 1.30. The highest BCUT2D eigenvalue weighted by atomic mass is 32.2. The van der Waals surface area contributed by atoms with Crippen LogP contribution in [0.4, 0.5) is 5.13 Å². The zero-order valence-corrected chi connectivity index (χ0v) is 17.6. The van der Waals surface area contributed by atoms with E-state index in [0.717, 1.165) is 28.6 Å². The molecule has 0 fully saturated rings. The van der Waals surface area contributed by atoms with Gasteiger partial charge in [0.2, 0.25) is 21.1 Å². The van der Waals surface area contributed by atoms with Crippen LogP contribution in [0.3, 0.4) is 0 Å². The summed E-state index contributed by atoms with van der Waals surface area (Å²) in [6, 6.07) is 5.63. The highest BCUT2D eigenvalue weighted by Gasteiger charge is 2.19. The molecule has 2 aromatic rings. The zero-order chi connectivity index (χ0) is 20.7. The van der Waals surface area contributed by atoms with Gasteiger partial charge in [-0.25, -0.2) is 12.7 Å². The SMILES string of the molecule is CCCCc1nnc(NC(=O)CNC(=O)c2cccc(S(=O)(=O)N(C)C)c2)s1. The van der Waals surface area contributed by atoms with Gasteiger partial charge < -0.3 is 5.32 Å². The number of carbonyl (C=O) groups excluding carboxylic acids is 2. The summed E-state index contributed by atoms with van der Waals surface area (Å²) in [5.74, 6) is -0.990. The number of nitrogens with zero attached hydrogens (tertiary/aromatic N) is 3. The Bertz CT molecular complexity index is 941. The lowest BCUT2D eigenvalue weighted by Crippen LogP contribution is -2.33. The monoisotopic (exact) mass is 425 g/mol. The molecule has 0 unspecified atom stereocenters. The maximum absolute atomic E-state index is 12.2. The van der Waals surface area contributed by atoms with Crippen LogP contribution in [0.2, 0.25) is 0 Å². The van der Waals surface area contributed by atoms with E-state index < -0.39 is 21.8 Å². The van der Waals surface area contributed by atoms with Crippen molar-refractivity contribution in [2.45, 2.75) is 31.1 Å². The quantitative estimate of drug-likeness (QED) is 0.628. The number of unbranched alkanes of at least 4 members (excludes halogenated alkanes) is 1. The van der Waals surface area contributed by atoms with Gasteiger partial charge in [0.1, 0.15) is 5.01 Å². The van der Waals surface area contributed by atoms with Gasteiger partial charge >= 0.3 is 0 Å². The van der Waals surface area contributed by atoms with Gasteiger partial charge in [0, 0.05) is 26.1 Å². The number of nitrogens with one attached hydrogen (secondary N) is 2. The summed E-state index contributed by atoms with van der Waals surface area (Å²) in [4.78, 5) is 24.2. The molecule has 0 saturated carbocycles. The van der Waals surface area contributed by atoms with Crippen molar-refractivity contribution < 1.29 is 18.0 Å². The van der Waals surface area contributed by atoms with E-state index in [0.29, 0.717) is 5.13 Å². The molecule has 152 valence electrons. The van der Waals surface area contributed by atoms with Gasteiger partial charge in [0.25, 0.3) is 5.91 Å². The van der Waals surface area contributed by atoms with Crippen molar-refractivity contribution in [1.29, 1.82) is 0 Å². The van der Waals surface area contributed by atoms with Crippen molar-refractivity contribution in [2.24, 2.45) is 0 Å². The molecule has 0 saturated heterocycles. The molecule has 28 heavy (non-hydrogen) atoms. The summed E-state index contributed by atoms with van der Waals surface area (Å²) in [5.41, 5.74) is 0.147. The standard InChI is InChI=1S/C17H23N5O4S2/c1-4-5-9-15-20-21-17(27-15)19-14(23)11-18-16(24)12-7-6-8-13(10-12)28(25,26)22(2)3/h6-8,10H,4-5,9,11H2,1-3H3,(H,18,24)(H,19,21,23). The minimum atomic E-state index is -3.65. The van der Waals surface area contributed by atoms with Crippen molar-refractivity contribution >= 4 is 38.3 Å². The molecular formula is C17H23N5O4S2. The second kappa shape index (κ2) is 9.71. The third-order valence-corrected chi connectivity index (χ3v) is 6.45. The van der Waals surface area contributed by atoms with Gasteiger partial charge in [-0.2, -0.15) is 0 Å². The van der Waals surface area contributed by atoms with E-state index in [-0.39, 0.29) is 17.0 Å². The van der Waals surface area contributed by atoms with Crippen molar-refractivity contribution in [3.05, 3.63) is 34.8 Å². The predicted octanol–water partition coefficient (Wildman–Crippen LogP) is 1.50. The van der Waals surface area contributed by atoms with E-state index in [9.17, 15) is 18.0 Å². The number of sulfonamides is 1. The fourth-order valence-corrected chi connectivity index (χ4v) is 3.91. The second-order valence-electron chi connectivity index (χ2n) is 6.15. The number of benzene rings is 1. The highest BCUT2D eigenvalue weighted by Crippen LogP contribution is 2.17. The summed E-state index contributed by atoms with van der Waals surface area (Å²) < 4.78 is 25.4. The maximum Gasteiger partial charge on any atom is 0.251 e. The molecular weight excluding hydrogens is 402 g/mol. The molecule has 0 bridgehead atoms. The first-order valence-corrected chi connectivity index (χ1v) is 10.9. The van der Waals surface area contributed by atoms with Crippen LogP contribution in [0.15, 0.2) is 29.2 Å². The van der Waals surface area contributed by atoms with Crippen LogP contribution in [0.1, 0.15) is 35.1 Å². The first kappa shape index (κ1) is 21.9. The molecule has 0 radical (unpaired) electrons. The Balaban J connectivity index is 1.93. The Morgan fingerprint density at radius 2 is 1.96 bits per heavy atom. The van der Waals surface area contributed by atoms with Crippen LogP contribution < -0.4 is 10.6 Å². The van der Waals surface area contributed by atoms with Crippen LogP contribution in [0.25, 0.3) is 0 Å². The van der Waals surface area contributed by atoms with E-state index in [1.165, 1.54) is 49.7 Å². The minimum Gasteiger partial charge on any atom is -0.343 e. The Morgan fingerprint density at radius 3 is 2.64 bits per heavy atom. The molecule has 11 heteroatoms. The first-order chi connectivity index (χ1) is 13.2. The van der Waals surface area contributed by atoms with Gasteiger partial charge in [-0.3, -0.25) is 14.9 Å². The van der Waals surface area contributed by atoms with Crippen molar-refractivity contribution in [3.63, 3.8) is 0 Å². The molecule has 0 aliphatic rings. The fourth-order valence-electron chi connectivity index (χ4n) is 2.17. The molecule has 1 heterocycles. The van der Waals surface area contributed by atoms with Crippen LogP contribution in [0, 0.1) is 0 Å². The average Bonchev–Trinajstić information content (AvgIpc) is 3.11. The van der Waals surface area contributed by atoms with Gasteiger partial charge in [0.15, 0.2) is 0 Å². The van der Waals surface area contributed by atoms with Crippen molar-refractivity contribution in [2.75, 3.05) is 26.0 Å². The lowest BCUT2D eigenvalue weighted by Gasteiger charge is -2.12. The van der Waals surface area contributed by atoms with Gasteiger partial charge in [-0.05, 0) is 24.6 Å². The number of hydrogen-bond donors (Lipinski definition) is 2. The Kier molecular flexibility index (Phi) is 7.61. The number of rotatable bonds is 9. The number of aromatic nitrogens is 2. The van der Waals surface area contributed by atoms with E-state index in [1.807, 2.05) is 0 Å². The maximum atomic E-state index is 12.2. The largest absolute Gasteiger partial charge is 0.343 e. The molecule has 0 atom stereocenters. The molecule has 0 aliphatic carbocycles. The smallest absolute Gasteiger partial charge is 0.251 e. The lowest BCUT2D eigenvalue weighted by molar-refractivity contribution is -0.115. The zero-order valence-electron chi connectivity index (χ0n) is 15.9. The van der Waals surface area contributed by atoms with Crippen LogP contribution in [-0.4, -0.2) is 55.4 Å². The topological polar surface area (TPSA) is 121 Å². The number of anilines is 1. The summed E-state index contributed by atoms with van der Waals surface area (Å²) in [6.45, 7) is 1.81. The third kappa shape index (κ3) is 5.81. The molecule has 1 aromatic carbocycles. The van der Waals surface area contributed by atoms with E-state index in [4.69, 9.17) is 0 Å². The molecule has 2 amide bonds. The molecule has 2 rings (SSSR count). The van der Waals surface area contributed by atoms with E-state index in [2.05, 4.69) is 27.8 Å². The Morgan fingerprint density at radius 1 is 1.21 bits per heavy atom. The van der Waals surface area contributed by atoms with Crippen LogP contribution in [0.5, 0.6) is 0 Å². The van der Waals surface area contributed by atoms with Crippen molar-refractivity contribution in [3.8, 4) is 0 Å². The summed E-state index contributed by atoms with van der Waals surface area (Å²) in [6.07, 6.45) is 2.86. The summed E-state index contributed by atoms with van der Waals surface area (Å²) in [7, 11) is -0.829. The minimum absolute atomic E-state index is 0.00284. The molecule has 9 nitrogen and oxygen atoms in total. The Labute approximate surface area is 168 Å². The predicted molar refractivity (Wildman–Crippen MR) is 107 cm³/mol. The number of carbonyl (C=O) groups is 2. The van der Waals surface area contributed by atoms with E-state index >= 15 is 0 Å². The normalized spacial score (nSPS) is 11.4. The second-order valence-corrected chi connectivity index (χ2v) is 9.36. The van der Waals surface area contributed by atoms with Crippen LogP contribution in [-0.2, 0) is 21.2 Å². The van der Waals surface area contributed by atoms with Crippen LogP contribution >= 0.6 is 11.3 Å². The van der Waals surface area contributed by atoms with Gasteiger partial charge in [0.05, 0.1) is 11.4 Å². The third-order valence-electron chi connectivity index (χ3n) is 3.74. The van der Waals surface area contributed by atoms with Crippen molar-refractivity contribution in [1.82, 2.24) is 19.8 Å². The fraction of sp³-hybridized carbons (Fsp3) is 0.412.